The van der Waals surface area contributed by atoms with Crippen molar-refractivity contribution in [3.63, 3.8) is 0 Å². The minimum atomic E-state index is -0.851. The predicted molar refractivity (Wildman–Crippen MR) is 276 cm³/mol. The Labute approximate surface area is 431 Å². The van der Waals surface area contributed by atoms with Gasteiger partial charge in [-0.2, -0.15) is 0 Å². The fourth-order valence-electron chi connectivity index (χ4n) is 8.77. The number of unbranched alkanes of at least 4 members (excludes halogenated alkanes) is 5. The number of hydrogen-bond acceptors (Lipinski definition) is 13. The van der Waals surface area contributed by atoms with E-state index in [0.29, 0.717) is 33.0 Å². The molecule has 13 nitrogen and oxygen atoms in total. The van der Waals surface area contributed by atoms with Crippen LogP contribution in [0.3, 0.4) is 0 Å². The Morgan fingerprint density at radius 1 is 0.370 bits per heavy atom. The first-order valence-corrected chi connectivity index (χ1v) is 26.1. The largest absolute Gasteiger partial charge is 0.386 e. The summed E-state index contributed by atoms with van der Waals surface area (Å²) in [5.74, 6) is 0. The molecule has 0 aliphatic carbocycles. The second kappa shape index (κ2) is 30.6. The third-order valence-electron chi connectivity index (χ3n) is 12.8. The van der Waals surface area contributed by atoms with E-state index in [1.165, 1.54) is 25.7 Å². The summed E-state index contributed by atoms with van der Waals surface area (Å²) in [6.07, 6.45) is 14.3. The van der Waals surface area contributed by atoms with Gasteiger partial charge in [-0.25, -0.2) is 0 Å². The van der Waals surface area contributed by atoms with Crippen molar-refractivity contribution in [3.8, 4) is 0 Å². The van der Waals surface area contributed by atoms with E-state index in [1.54, 1.807) is 12.2 Å². The zero-order chi connectivity index (χ0) is 50.1. The molecule has 0 unspecified atom stereocenters. The van der Waals surface area contributed by atoms with Gasteiger partial charge in [-0.3, -0.25) is 0 Å². The standard InChI is InChI=1S/C60H74O13/c1-2-3-4-5-6-19-36-66-57-33-29-50(54(71-57)42-63-38-46-22-13-8-14-23-46)68-59-35-31-52(56(73-59)44-65-40-48-26-17-10-18-27-48)69-60-34-30-51(55(72-60)43-64-39-47-24-15-9-16-25-47)67-58-32-28-49(61)53(70-58)41-62-37-45-20-11-7-12-21-45/h7-18,20-35,49-61H,2-6,19,36-44H2,1H3/t49-,50-,51-,52-,53+,54+,55+,56+,57-,58-,59-,60-/m0/s1. The lowest BCUT2D eigenvalue weighted by atomic mass is 10.1. The van der Waals surface area contributed by atoms with E-state index in [4.69, 9.17) is 56.8 Å². The molecule has 13 heteroatoms. The zero-order valence-corrected chi connectivity index (χ0v) is 42.0. The third-order valence-corrected chi connectivity index (χ3v) is 12.8. The smallest absolute Gasteiger partial charge is 0.178 e. The number of rotatable bonds is 30. The molecule has 4 aliphatic heterocycles. The molecular formula is C60H74O13. The minimum Gasteiger partial charge on any atom is -0.386 e. The van der Waals surface area contributed by atoms with Crippen molar-refractivity contribution in [3.05, 3.63) is 192 Å². The maximum Gasteiger partial charge on any atom is 0.178 e. The molecule has 0 spiro atoms. The van der Waals surface area contributed by atoms with Crippen molar-refractivity contribution >= 4 is 0 Å². The molecule has 0 saturated heterocycles. The highest BCUT2D eigenvalue weighted by Gasteiger charge is 2.38. The van der Waals surface area contributed by atoms with Gasteiger partial charge in [0.15, 0.2) is 25.2 Å². The number of benzene rings is 4. The summed E-state index contributed by atoms with van der Waals surface area (Å²) in [5, 5.41) is 10.8. The van der Waals surface area contributed by atoms with Gasteiger partial charge in [-0.05, 0) is 53.0 Å². The molecule has 8 rings (SSSR count). The second-order valence-electron chi connectivity index (χ2n) is 18.6. The quantitative estimate of drug-likeness (QED) is 0.0393. The van der Waals surface area contributed by atoms with Crippen LogP contribution in [-0.2, 0) is 83.3 Å². The van der Waals surface area contributed by atoms with E-state index in [0.717, 1.165) is 35.1 Å². The molecule has 4 heterocycles. The summed E-state index contributed by atoms with van der Waals surface area (Å²) in [5.41, 5.74) is 4.17. The van der Waals surface area contributed by atoms with Crippen molar-refractivity contribution in [2.24, 2.45) is 0 Å². The molecule has 1 N–H and O–H groups in total. The first kappa shape index (κ1) is 54.6. The maximum atomic E-state index is 10.8. The first-order chi connectivity index (χ1) is 36.0. The van der Waals surface area contributed by atoms with E-state index in [9.17, 15) is 5.11 Å². The summed E-state index contributed by atoms with van der Waals surface area (Å²) in [4.78, 5) is 0. The van der Waals surface area contributed by atoms with E-state index < -0.39 is 74.0 Å². The van der Waals surface area contributed by atoms with Crippen LogP contribution in [0.5, 0.6) is 0 Å². The lowest BCUT2D eigenvalue weighted by Crippen LogP contribution is -2.49. The number of aliphatic hydroxyl groups excluding tert-OH is 1. The Morgan fingerprint density at radius 3 is 1.11 bits per heavy atom. The second-order valence-corrected chi connectivity index (χ2v) is 18.6. The van der Waals surface area contributed by atoms with Gasteiger partial charge in [0.25, 0.3) is 0 Å². The van der Waals surface area contributed by atoms with E-state index in [2.05, 4.69) is 6.92 Å². The molecule has 0 aromatic heterocycles. The van der Waals surface area contributed by atoms with Crippen molar-refractivity contribution in [2.45, 2.75) is 146 Å². The SMILES string of the molecule is CCCCCCCCO[C@@H]1C=C[C@H](O[C@@H]2C=C[C@H](O[C@@H]3C=C[C@H](O[C@@H]4C=C[C@H](O)[C@@H](COCc5ccccc5)O4)[C@@H](COCc4ccccc4)O3)[C@@H](COCc3ccccc3)O2)[C@@H](COCc2ccccc2)O1. The van der Waals surface area contributed by atoms with Gasteiger partial charge < -0.3 is 61.9 Å². The average Bonchev–Trinajstić information content (AvgIpc) is 3.42. The summed E-state index contributed by atoms with van der Waals surface area (Å²) in [6.45, 7) is 5.31. The van der Waals surface area contributed by atoms with Gasteiger partial charge in [0, 0.05) is 0 Å². The van der Waals surface area contributed by atoms with Crippen molar-refractivity contribution < 1.29 is 61.9 Å². The van der Waals surface area contributed by atoms with Crippen molar-refractivity contribution in [2.75, 3.05) is 33.0 Å². The van der Waals surface area contributed by atoms with Gasteiger partial charge >= 0.3 is 0 Å². The number of ether oxygens (including phenoxy) is 12. The minimum absolute atomic E-state index is 0.180. The molecule has 4 aromatic rings. The Bertz CT molecular complexity index is 2230. The lowest BCUT2D eigenvalue weighted by Gasteiger charge is -2.39. The van der Waals surface area contributed by atoms with Gasteiger partial charge in [0.2, 0.25) is 0 Å². The highest BCUT2D eigenvalue weighted by molar-refractivity contribution is 5.16. The van der Waals surface area contributed by atoms with Gasteiger partial charge in [-0.1, -0.05) is 185 Å². The fourth-order valence-corrected chi connectivity index (χ4v) is 8.77. The first-order valence-electron chi connectivity index (χ1n) is 26.1. The summed E-state index contributed by atoms with van der Waals surface area (Å²) in [6, 6.07) is 39.9. The van der Waals surface area contributed by atoms with E-state index in [1.807, 2.05) is 158 Å². The van der Waals surface area contributed by atoms with Crippen LogP contribution < -0.4 is 0 Å². The molecule has 0 bridgehead atoms. The van der Waals surface area contributed by atoms with Crippen LogP contribution in [0.1, 0.15) is 67.7 Å². The van der Waals surface area contributed by atoms with Gasteiger partial charge in [-0.15, -0.1) is 0 Å². The predicted octanol–water partition coefficient (Wildman–Crippen LogP) is 9.87. The summed E-state index contributed by atoms with van der Waals surface area (Å²) < 4.78 is 76.7. The number of aliphatic hydroxyl groups is 1. The zero-order valence-electron chi connectivity index (χ0n) is 42.0. The normalized spacial score (nSPS) is 27.9. The van der Waals surface area contributed by atoms with Gasteiger partial charge in [0.1, 0.15) is 48.8 Å². The topological polar surface area (TPSA) is 131 Å². The molecule has 4 aromatic carbocycles. The summed E-state index contributed by atoms with van der Waals surface area (Å²) in [7, 11) is 0. The molecule has 0 amide bonds. The molecule has 0 radical (unpaired) electrons. The molecule has 4 aliphatic rings. The third kappa shape index (κ3) is 18.6. The van der Waals surface area contributed by atoms with Crippen LogP contribution in [-0.4, -0.2) is 112 Å². The monoisotopic (exact) mass is 1000 g/mol. The lowest BCUT2D eigenvalue weighted by molar-refractivity contribution is -0.267. The highest BCUT2D eigenvalue weighted by Crippen LogP contribution is 2.28. The molecule has 12 atom stereocenters. The maximum absolute atomic E-state index is 10.8. The van der Waals surface area contributed by atoms with Gasteiger partial charge in [0.05, 0.1) is 59.5 Å². The number of hydrogen-bond donors (Lipinski definition) is 1. The Morgan fingerprint density at radius 2 is 0.699 bits per heavy atom. The highest BCUT2D eigenvalue weighted by atomic mass is 16.7. The van der Waals surface area contributed by atoms with Crippen LogP contribution >= 0.6 is 0 Å². The van der Waals surface area contributed by atoms with Crippen LogP contribution in [0.2, 0.25) is 0 Å². The fraction of sp³-hybridized carbons (Fsp3) is 0.467. The molecule has 392 valence electrons. The van der Waals surface area contributed by atoms with Crippen LogP contribution in [0, 0.1) is 0 Å². The molecular weight excluding hydrogens is 929 g/mol. The van der Waals surface area contributed by atoms with Crippen LogP contribution in [0.25, 0.3) is 0 Å². The van der Waals surface area contributed by atoms with Crippen LogP contribution in [0.4, 0.5) is 0 Å². The Hall–Kier alpha value is -4.68. The molecule has 0 saturated carbocycles. The van der Waals surface area contributed by atoms with E-state index in [-0.39, 0.29) is 26.4 Å². The molecule has 0 fully saturated rings. The van der Waals surface area contributed by atoms with Crippen molar-refractivity contribution in [1.82, 2.24) is 0 Å². The summed E-state index contributed by atoms with van der Waals surface area (Å²) >= 11 is 0. The van der Waals surface area contributed by atoms with E-state index >= 15 is 0 Å². The van der Waals surface area contributed by atoms with Crippen LogP contribution in [0.15, 0.2) is 170 Å². The Balaban J connectivity index is 0.922. The van der Waals surface area contributed by atoms with Crippen molar-refractivity contribution in [1.29, 1.82) is 0 Å². The Kier molecular flexibility index (Phi) is 22.9. The average molecular weight is 1000 g/mol. The molecule has 73 heavy (non-hydrogen) atoms.